The molecule has 0 bridgehead atoms. The summed E-state index contributed by atoms with van der Waals surface area (Å²) in [4.78, 5) is 24.6. The summed E-state index contributed by atoms with van der Waals surface area (Å²) in [7, 11) is 1.33. The van der Waals surface area contributed by atoms with E-state index < -0.39 is 11.4 Å². The number of halogens is 1. The van der Waals surface area contributed by atoms with Crippen molar-refractivity contribution in [1.29, 1.82) is 0 Å². The molecule has 2 aliphatic rings. The highest BCUT2D eigenvalue weighted by atomic mass is 35.5. The maximum absolute atomic E-state index is 11.6. The van der Waals surface area contributed by atoms with Crippen molar-refractivity contribution in [1.82, 2.24) is 4.90 Å². The molecule has 1 heterocycles. The Morgan fingerprint density at radius 2 is 2.21 bits per heavy atom. The van der Waals surface area contributed by atoms with E-state index >= 15 is 0 Å². The predicted octanol–water partition coefficient (Wildman–Crippen LogP) is 0.530. The SMILES string of the molecule is COC(=O)[C@@H]1C[C@@H](Cl)C(=O)N1C1CC1. The molecular weight excluding hydrogens is 206 g/mol. The molecule has 5 heteroatoms. The first-order chi connectivity index (χ1) is 6.65. The van der Waals surface area contributed by atoms with Gasteiger partial charge in [0.05, 0.1) is 7.11 Å². The van der Waals surface area contributed by atoms with Crippen LogP contribution in [0.2, 0.25) is 0 Å². The Kier molecular flexibility index (Phi) is 2.39. The lowest BCUT2D eigenvalue weighted by atomic mass is 10.2. The highest BCUT2D eigenvalue weighted by Crippen LogP contribution is 2.36. The number of carbonyl (C=O) groups excluding carboxylic acids is 2. The number of methoxy groups -OCH3 is 1. The van der Waals surface area contributed by atoms with E-state index in [-0.39, 0.29) is 17.9 Å². The molecule has 2 atom stereocenters. The van der Waals surface area contributed by atoms with Crippen LogP contribution in [0.15, 0.2) is 0 Å². The largest absolute Gasteiger partial charge is 0.467 e. The number of amides is 1. The van der Waals surface area contributed by atoms with E-state index in [1.54, 1.807) is 4.90 Å². The van der Waals surface area contributed by atoms with Crippen molar-refractivity contribution in [2.24, 2.45) is 0 Å². The minimum absolute atomic E-state index is 0.121. The Morgan fingerprint density at radius 1 is 1.57 bits per heavy atom. The standard InChI is InChI=1S/C9H12ClNO3/c1-14-9(13)7-4-6(10)8(12)11(7)5-2-3-5/h5-7H,2-4H2,1H3/t6-,7+/m1/s1. The van der Waals surface area contributed by atoms with Crippen LogP contribution in [0.3, 0.4) is 0 Å². The van der Waals surface area contributed by atoms with Crippen LogP contribution in [0.25, 0.3) is 0 Å². The van der Waals surface area contributed by atoms with E-state index in [9.17, 15) is 9.59 Å². The van der Waals surface area contributed by atoms with Crippen molar-refractivity contribution < 1.29 is 14.3 Å². The molecule has 0 aromatic heterocycles. The first-order valence-corrected chi connectivity index (χ1v) is 5.13. The zero-order valence-electron chi connectivity index (χ0n) is 7.90. The Bertz CT molecular complexity index is 277. The number of rotatable bonds is 2. The van der Waals surface area contributed by atoms with Gasteiger partial charge in [0.15, 0.2) is 0 Å². The summed E-state index contributed by atoms with van der Waals surface area (Å²) in [6.45, 7) is 0. The Balaban J connectivity index is 2.15. The predicted molar refractivity (Wildman–Crippen MR) is 49.9 cm³/mol. The molecule has 0 aromatic rings. The fourth-order valence-electron chi connectivity index (χ4n) is 1.86. The van der Waals surface area contributed by atoms with Gasteiger partial charge in [-0.25, -0.2) is 4.79 Å². The smallest absolute Gasteiger partial charge is 0.328 e. The van der Waals surface area contributed by atoms with E-state index in [2.05, 4.69) is 4.74 Å². The minimum Gasteiger partial charge on any atom is -0.467 e. The number of ether oxygens (including phenoxy) is 1. The van der Waals surface area contributed by atoms with Gasteiger partial charge in [-0.2, -0.15) is 0 Å². The second-order valence-corrected chi connectivity index (χ2v) is 4.25. The van der Waals surface area contributed by atoms with E-state index in [0.717, 1.165) is 12.8 Å². The molecule has 78 valence electrons. The summed E-state index contributed by atoms with van der Waals surface area (Å²) in [6.07, 6.45) is 2.33. The molecule has 2 fully saturated rings. The quantitative estimate of drug-likeness (QED) is 0.501. The first-order valence-electron chi connectivity index (χ1n) is 4.69. The fraction of sp³-hybridized carbons (Fsp3) is 0.778. The van der Waals surface area contributed by atoms with E-state index in [0.29, 0.717) is 6.42 Å². The average molecular weight is 218 g/mol. The number of carbonyl (C=O) groups is 2. The summed E-state index contributed by atoms with van der Waals surface area (Å²) in [5, 5.41) is -0.556. The Labute approximate surface area is 87.1 Å². The van der Waals surface area contributed by atoms with Crippen molar-refractivity contribution in [2.45, 2.75) is 36.7 Å². The van der Waals surface area contributed by atoms with Gasteiger partial charge in [0, 0.05) is 12.5 Å². The van der Waals surface area contributed by atoms with Gasteiger partial charge in [0.25, 0.3) is 0 Å². The highest BCUT2D eigenvalue weighted by molar-refractivity contribution is 6.32. The summed E-state index contributed by atoms with van der Waals surface area (Å²) in [5.74, 6) is -0.474. The third kappa shape index (κ3) is 1.47. The van der Waals surface area contributed by atoms with E-state index in [4.69, 9.17) is 11.6 Å². The second-order valence-electron chi connectivity index (χ2n) is 3.72. The molecule has 4 nitrogen and oxygen atoms in total. The van der Waals surface area contributed by atoms with Gasteiger partial charge in [-0.15, -0.1) is 11.6 Å². The highest BCUT2D eigenvalue weighted by Gasteiger charge is 2.49. The molecule has 1 aliphatic heterocycles. The topological polar surface area (TPSA) is 46.6 Å². The maximum Gasteiger partial charge on any atom is 0.328 e. The molecule has 2 rings (SSSR count). The lowest BCUT2D eigenvalue weighted by molar-refractivity contribution is -0.149. The molecular formula is C9H12ClNO3. The molecule has 1 saturated heterocycles. The number of esters is 1. The summed E-state index contributed by atoms with van der Waals surface area (Å²) in [6, 6.07) is -0.238. The number of likely N-dealkylation sites (tertiary alicyclic amines) is 1. The van der Waals surface area contributed by atoms with Crippen LogP contribution in [0, 0.1) is 0 Å². The van der Waals surface area contributed by atoms with Crippen LogP contribution in [-0.2, 0) is 14.3 Å². The van der Waals surface area contributed by atoms with Crippen molar-refractivity contribution >= 4 is 23.5 Å². The summed E-state index contributed by atoms with van der Waals surface area (Å²) >= 11 is 5.83. The zero-order chi connectivity index (χ0) is 10.3. The average Bonchev–Trinajstić information content (AvgIpc) is 2.95. The van der Waals surface area contributed by atoms with Gasteiger partial charge in [-0.3, -0.25) is 4.79 Å². The lowest BCUT2D eigenvalue weighted by Crippen LogP contribution is -2.41. The molecule has 0 unspecified atom stereocenters. The third-order valence-corrected chi connectivity index (χ3v) is 3.07. The summed E-state index contributed by atoms with van der Waals surface area (Å²) in [5.41, 5.74) is 0. The fourth-order valence-corrected chi connectivity index (χ4v) is 2.14. The molecule has 1 amide bonds. The van der Waals surface area contributed by atoms with Gasteiger partial charge in [-0.05, 0) is 12.8 Å². The second kappa shape index (κ2) is 3.42. The van der Waals surface area contributed by atoms with Crippen LogP contribution < -0.4 is 0 Å². The minimum atomic E-state index is -0.556. The van der Waals surface area contributed by atoms with Crippen molar-refractivity contribution in [2.75, 3.05) is 7.11 Å². The van der Waals surface area contributed by atoms with Gasteiger partial charge in [0.2, 0.25) is 5.91 Å². The van der Waals surface area contributed by atoms with Crippen LogP contribution in [0.1, 0.15) is 19.3 Å². The van der Waals surface area contributed by atoms with E-state index in [1.807, 2.05) is 0 Å². The first kappa shape index (κ1) is 9.77. The number of hydrogen-bond acceptors (Lipinski definition) is 3. The van der Waals surface area contributed by atoms with E-state index in [1.165, 1.54) is 7.11 Å². The van der Waals surface area contributed by atoms with Crippen molar-refractivity contribution in [3.05, 3.63) is 0 Å². The monoisotopic (exact) mass is 217 g/mol. The zero-order valence-corrected chi connectivity index (χ0v) is 8.66. The number of hydrogen-bond donors (Lipinski definition) is 0. The molecule has 1 saturated carbocycles. The summed E-state index contributed by atoms with van der Waals surface area (Å²) < 4.78 is 4.65. The van der Waals surface area contributed by atoms with Gasteiger partial charge < -0.3 is 9.64 Å². The van der Waals surface area contributed by atoms with Crippen LogP contribution in [0.4, 0.5) is 0 Å². The third-order valence-electron chi connectivity index (χ3n) is 2.70. The van der Waals surface area contributed by atoms with Crippen LogP contribution in [0.5, 0.6) is 0 Å². The van der Waals surface area contributed by atoms with Crippen LogP contribution in [-0.4, -0.2) is 41.3 Å². The molecule has 0 radical (unpaired) electrons. The van der Waals surface area contributed by atoms with Gasteiger partial charge >= 0.3 is 5.97 Å². The number of nitrogens with zero attached hydrogens (tertiary/aromatic N) is 1. The van der Waals surface area contributed by atoms with Gasteiger partial charge in [0.1, 0.15) is 11.4 Å². The van der Waals surface area contributed by atoms with Gasteiger partial charge in [-0.1, -0.05) is 0 Å². The molecule has 0 N–H and O–H groups in total. The lowest BCUT2D eigenvalue weighted by Gasteiger charge is -2.21. The Morgan fingerprint density at radius 3 is 2.71 bits per heavy atom. The van der Waals surface area contributed by atoms with Crippen molar-refractivity contribution in [3.63, 3.8) is 0 Å². The molecule has 14 heavy (non-hydrogen) atoms. The maximum atomic E-state index is 11.6. The normalized spacial score (nSPS) is 32.1. The van der Waals surface area contributed by atoms with Crippen LogP contribution >= 0.6 is 11.6 Å². The molecule has 0 spiro atoms. The molecule has 1 aliphatic carbocycles. The Hall–Kier alpha value is -0.770. The van der Waals surface area contributed by atoms with Crippen molar-refractivity contribution in [3.8, 4) is 0 Å². The molecule has 0 aromatic carbocycles. The number of alkyl halides is 1.